The Balaban J connectivity index is 1.20. The number of hydrogen-bond donors (Lipinski definition) is 2. The van der Waals surface area contributed by atoms with Crippen LogP contribution in [0, 0.1) is 11.2 Å². The number of halogens is 2. The highest BCUT2D eigenvalue weighted by atomic mass is 19.1. The van der Waals surface area contributed by atoms with Crippen molar-refractivity contribution in [2.24, 2.45) is 11.1 Å². The van der Waals surface area contributed by atoms with Gasteiger partial charge in [0.2, 0.25) is 0 Å². The summed E-state index contributed by atoms with van der Waals surface area (Å²) in [6.07, 6.45) is 3.90. The molecular weight excluding hydrogens is 600 g/mol. The normalized spacial score (nSPS) is 27.3. The molecule has 4 aromatic rings. The molecule has 248 valence electrons. The number of piperidine rings is 1. The Morgan fingerprint density at radius 2 is 1.91 bits per heavy atom. The summed E-state index contributed by atoms with van der Waals surface area (Å²) in [5.74, 6) is 0.645. The van der Waals surface area contributed by atoms with Crippen LogP contribution >= 0.6 is 0 Å². The minimum absolute atomic E-state index is 0.00237. The number of hydrogen-bond acceptors (Lipinski definition) is 8. The van der Waals surface area contributed by atoms with Crippen LogP contribution in [-0.2, 0) is 11.2 Å². The highest BCUT2D eigenvalue weighted by Crippen LogP contribution is 2.44. The van der Waals surface area contributed by atoms with E-state index in [-0.39, 0.29) is 40.7 Å². The molecule has 4 fully saturated rings. The minimum atomic E-state index is -0.848. The second kappa shape index (κ2) is 11.5. The van der Waals surface area contributed by atoms with Crippen LogP contribution in [0.2, 0.25) is 0 Å². The van der Waals surface area contributed by atoms with Crippen LogP contribution in [0.4, 0.5) is 14.6 Å². The third-order valence-electron chi connectivity index (χ3n) is 11.6. The number of aromatic nitrogens is 2. The Hall–Kier alpha value is -3.60. The largest absolute Gasteiger partial charge is 0.508 e. The Labute approximate surface area is 273 Å². The summed E-state index contributed by atoms with van der Waals surface area (Å²) in [5.41, 5.74) is 9.12. The molecule has 0 amide bonds. The Kier molecular flexibility index (Phi) is 7.53. The van der Waals surface area contributed by atoms with Gasteiger partial charge in [-0.15, -0.1) is 0 Å². The molecule has 3 aromatic carbocycles. The van der Waals surface area contributed by atoms with Crippen molar-refractivity contribution in [1.82, 2.24) is 14.9 Å². The summed E-state index contributed by atoms with van der Waals surface area (Å²) >= 11 is 0. The van der Waals surface area contributed by atoms with Crippen molar-refractivity contribution in [2.45, 2.75) is 76.2 Å². The van der Waals surface area contributed by atoms with Gasteiger partial charge in [0, 0.05) is 42.9 Å². The van der Waals surface area contributed by atoms with E-state index in [1.165, 1.54) is 6.07 Å². The number of ether oxygens (including phenoxy) is 2. The summed E-state index contributed by atoms with van der Waals surface area (Å²) in [6, 6.07) is 12.8. The standard InChI is InChI=1S/C37H43F2N5O3/c1-3-27-30(39)8-6-24-15-26(45)17-29(32(24)27)23-5-7-28-31(16-23)41-35(47-21-37-9-4-12-44(37)19-25(38)18-37)42-34(28)43-13-10-36(11-14-43)20-46-22(2)33(36)40/h5-8,15-17,22,25,33,45H,3-4,9-14,18-21,40H2,1-2H3/t22-,25+,33+,37-/m0/s1. The van der Waals surface area contributed by atoms with E-state index < -0.39 is 6.17 Å². The molecule has 4 saturated heterocycles. The van der Waals surface area contributed by atoms with E-state index in [0.29, 0.717) is 43.7 Å². The quantitative estimate of drug-likeness (QED) is 0.259. The molecule has 5 heterocycles. The molecule has 1 aromatic heterocycles. The van der Waals surface area contributed by atoms with Gasteiger partial charge >= 0.3 is 6.01 Å². The smallest absolute Gasteiger partial charge is 0.319 e. The van der Waals surface area contributed by atoms with Gasteiger partial charge in [-0.1, -0.05) is 19.1 Å². The zero-order valence-electron chi connectivity index (χ0n) is 27.1. The third kappa shape index (κ3) is 5.11. The lowest BCUT2D eigenvalue weighted by Gasteiger charge is -2.41. The Morgan fingerprint density at radius 3 is 2.68 bits per heavy atom. The van der Waals surface area contributed by atoms with E-state index in [0.717, 1.165) is 78.4 Å². The fraction of sp³-hybridized carbons (Fsp3) is 0.514. The first-order valence-electron chi connectivity index (χ1n) is 17.1. The first-order chi connectivity index (χ1) is 22.7. The van der Waals surface area contributed by atoms with Gasteiger partial charge in [-0.05, 0) is 103 Å². The second-order valence-electron chi connectivity index (χ2n) is 14.3. The number of nitrogens with zero attached hydrogens (tertiary/aromatic N) is 4. The fourth-order valence-electron chi connectivity index (χ4n) is 8.92. The second-order valence-corrected chi connectivity index (χ2v) is 14.3. The van der Waals surface area contributed by atoms with Crippen molar-refractivity contribution >= 4 is 27.5 Å². The molecule has 0 bridgehead atoms. The van der Waals surface area contributed by atoms with Crippen LogP contribution in [0.25, 0.3) is 32.8 Å². The van der Waals surface area contributed by atoms with E-state index in [1.807, 2.05) is 25.1 Å². The minimum Gasteiger partial charge on any atom is -0.508 e. The molecule has 0 unspecified atom stereocenters. The first-order valence-corrected chi connectivity index (χ1v) is 17.1. The van der Waals surface area contributed by atoms with E-state index >= 15 is 4.39 Å². The number of nitrogens with two attached hydrogens (primary N) is 1. The van der Waals surface area contributed by atoms with Crippen LogP contribution in [0.1, 0.15) is 51.5 Å². The van der Waals surface area contributed by atoms with Gasteiger partial charge in [0.25, 0.3) is 0 Å². The van der Waals surface area contributed by atoms with Crippen LogP contribution in [0.3, 0.4) is 0 Å². The van der Waals surface area contributed by atoms with Crippen molar-refractivity contribution in [3.8, 4) is 22.9 Å². The van der Waals surface area contributed by atoms with Gasteiger partial charge in [0.1, 0.15) is 30.2 Å². The number of fused-ring (bicyclic) bond motifs is 3. The highest BCUT2D eigenvalue weighted by molar-refractivity contribution is 6.02. The lowest BCUT2D eigenvalue weighted by molar-refractivity contribution is 0.0973. The summed E-state index contributed by atoms with van der Waals surface area (Å²) < 4.78 is 41.9. The van der Waals surface area contributed by atoms with Gasteiger partial charge in [-0.25, -0.2) is 8.78 Å². The van der Waals surface area contributed by atoms with E-state index in [2.05, 4.69) is 16.7 Å². The third-order valence-corrected chi connectivity index (χ3v) is 11.6. The van der Waals surface area contributed by atoms with Crippen LogP contribution in [-0.4, -0.2) is 83.2 Å². The summed E-state index contributed by atoms with van der Waals surface area (Å²) in [4.78, 5) is 14.4. The number of phenolic OH excluding ortho intramolecular Hbond substituents is 1. The molecule has 3 N–H and O–H groups in total. The topological polar surface area (TPSA) is 97.0 Å². The number of benzene rings is 3. The van der Waals surface area contributed by atoms with Crippen molar-refractivity contribution in [1.29, 1.82) is 0 Å². The van der Waals surface area contributed by atoms with Crippen molar-refractivity contribution in [3.05, 3.63) is 53.8 Å². The van der Waals surface area contributed by atoms with E-state index in [4.69, 9.17) is 25.2 Å². The fourth-order valence-corrected chi connectivity index (χ4v) is 8.92. The van der Waals surface area contributed by atoms with Crippen molar-refractivity contribution in [2.75, 3.05) is 44.3 Å². The predicted octanol–water partition coefficient (Wildman–Crippen LogP) is 6.14. The average Bonchev–Trinajstić information content (AvgIpc) is 3.69. The zero-order chi connectivity index (χ0) is 32.5. The number of rotatable bonds is 6. The maximum Gasteiger partial charge on any atom is 0.319 e. The van der Waals surface area contributed by atoms with Gasteiger partial charge in [0.05, 0.1) is 23.8 Å². The SMILES string of the molecule is CCc1c(F)ccc2cc(O)cc(-c3ccc4c(N5CCC6(CC5)CO[C@@H](C)[C@H]6N)nc(OC[C@@]56CCCN5C[C@H](F)C6)nc4c3)c12. The first kappa shape index (κ1) is 30.7. The molecule has 1 spiro atoms. The summed E-state index contributed by atoms with van der Waals surface area (Å²) in [7, 11) is 0. The van der Waals surface area contributed by atoms with Crippen molar-refractivity contribution < 1.29 is 23.4 Å². The van der Waals surface area contributed by atoms with Crippen LogP contribution < -0.4 is 15.4 Å². The zero-order valence-corrected chi connectivity index (χ0v) is 27.1. The van der Waals surface area contributed by atoms with E-state index in [1.54, 1.807) is 18.2 Å². The van der Waals surface area contributed by atoms with Crippen molar-refractivity contribution in [3.63, 3.8) is 0 Å². The van der Waals surface area contributed by atoms with Crippen LogP contribution in [0.15, 0.2) is 42.5 Å². The number of aromatic hydroxyl groups is 1. The average molecular weight is 644 g/mol. The molecule has 4 atom stereocenters. The monoisotopic (exact) mass is 643 g/mol. The highest BCUT2D eigenvalue weighted by Gasteiger charge is 2.50. The van der Waals surface area contributed by atoms with Gasteiger partial charge in [0.15, 0.2) is 0 Å². The maximum atomic E-state index is 15.0. The maximum absolute atomic E-state index is 15.0. The summed E-state index contributed by atoms with van der Waals surface area (Å²) in [6.45, 7) is 7.89. The molecule has 8 nitrogen and oxygen atoms in total. The molecule has 0 radical (unpaired) electrons. The molecule has 47 heavy (non-hydrogen) atoms. The molecule has 0 aliphatic carbocycles. The molecule has 10 heteroatoms. The molecular formula is C37H43F2N5O3. The van der Waals surface area contributed by atoms with Gasteiger partial charge < -0.3 is 25.2 Å². The lowest BCUT2D eigenvalue weighted by Crippen LogP contribution is -2.50. The van der Waals surface area contributed by atoms with Crippen LogP contribution in [0.5, 0.6) is 11.8 Å². The molecule has 8 rings (SSSR count). The Morgan fingerprint density at radius 1 is 1.09 bits per heavy atom. The number of alkyl halides is 1. The molecule has 4 aliphatic rings. The van der Waals surface area contributed by atoms with Gasteiger partial charge in [-0.2, -0.15) is 9.97 Å². The summed E-state index contributed by atoms with van der Waals surface area (Å²) in [5, 5.41) is 13.1. The number of aryl methyl sites for hydroxylation is 1. The number of anilines is 1. The number of phenols is 1. The van der Waals surface area contributed by atoms with Gasteiger partial charge in [-0.3, -0.25) is 4.90 Å². The Bertz CT molecular complexity index is 1850. The van der Waals surface area contributed by atoms with E-state index in [9.17, 15) is 9.50 Å². The predicted molar refractivity (Wildman–Crippen MR) is 179 cm³/mol. The lowest BCUT2D eigenvalue weighted by atomic mass is 9.73. The molecule has 4 aliphatic heterocycles. The molecule has 0 saturated carbocycles.